The van der Waals surface area contributed by atoms with E-state index >= 15 is 0 Å². The van der Waals surface area contributed by atoms with E-state index in [1.165, 1.54) is 11.1 Å². The molecule has 0 spiro atoms. The van der Waals surface area contributed by atoms with Gasteiger partial charge in [0.1, 0.15) is 17.3 Å². The lowest BCUT2D eigenvalue weighted by Gasteiger charge is -2.13. The summed E-state index contributed by atoms with van der Waals surface area (Å²) in [6, 6.07) is 1.61. The molecule has 0 aliphatic rings. The lowest BCUT2D eigenvalue weighted by molar-refractivity contribution is -0.275. The average Bonchev–Trinajstić information content (AvgIpc) is 2.17. The molecule has 0 aliphatic heterocycles. The number of alkyl halides is 5. The van der Waals surface area contributed by atoms with Crippen LogP contribution in [0.25, 0.3) is 0 Å². The second kappa shape index (κ2) is 4.40. The lowest BCUT2D eigenvalue weighted by atomic mass is 10.2. The summed E-state index contributed by atoms with van der Waals surface area (Å²) in [5.41, 5.74) is -3.42. The summed E-state index contributed by atoms with van der Waals surface area (Å²) in [6.45, 7) is 0. The van der Waals surface area contributed by atoms with Gasteiger partial charge in [-0.2, -0.15) is 5.26 Å². The number of nitrogens with zero attached hydrogens (tertiary/aromatic N) is 1. The van der Waals surface area contributed by atoms with Crippen LogP contribution in [0, 0.1) is 11.3 Å². The number of rotatable bonds is 2. The minimum absolute atomic E-state index is 0.437. The van der Waals surface area contributed by atoms with Crippen molar-refractivity contribution in [3.8, 4) is 11.8 Å². The van der Waals surface area contributed by atoms with Crippen LogP contribution in [-0.2, 0) is 0 Å². The number of halogens is 5. The Balaban J connectivity index is 3.44. The van der Waals surface area contributed by atoms with Crippen molar-refractivity contribution in [3.05, 3.63) is 27.7 Å². The maximum atomic E-state index is 12.4. The summed E-state index contributed by atoms with van der Waals surface area (Å²) < 4.78 is 63.8. The molecule has 1 aromatic rings. The third-order valence-corrected chi connectivity index (χ3v) is 1.58. The molecular formula is C8H3F5N2O2. The Morgan fingerprint density at radius 1 is 1.41 bits per heavy atom. The molecule has 0 amide bonds. The fraction of sp³-hybridized carbons (Fsp3) is 0.250. The third-order valence-electron chi connectivity index (χ3n) is 1.58. The van der Waals surface area contributed by atoms with Crippen LogP contribution in [0.1, 0.15) is 17.7 Å². The van der Waals surface area contributed by atoms with Gasteiger partial charge in [-0.05, 0) is 0 Å². The number of hydrogen-bond acceptors (Lipinski definition) is 3. The largest absolute Gasteiger partial charge is 0.573 e. The summed E-state index contributed by atoms with van der Waals surface area (Å²) in [5, 5.41) is 8.45. The Bertz CT molecular complexity index is 514. The van der Waals surface area contributed by atoms with Crippen LogP contribution in [0.4, 0.5) is 22.0 Å². The van der Waals surface area contributed by atoms with Crippen LogP contribution in [0.3, 0.4) is 0 Å². The molecule has 0 aliphatic carbocycles. The minimum atomic E-state index is -5.24. The van der Waals surface area contributed by atoms with E-state index in [2.05, 4.69) is 4.74 Å². The predicted molar refractivity (Wildman–Crippen MR) is 43.4 cm³/mol. The molecule has 1 N–H and O–H groups in total. The molecule has 1 rings (SSSR count). The monoisotopic (exact) mass is 254 g/mol. The van der Waals surface area contributed by atoms with Crippen LogP contribution in [0.15, 0.2) is 10.9 Å². The molecule has 92 valence electrons. The van der Waals surface area contributed by atoms with Crippen LogP contribution in [0.5, 0.6) is 5.75 Å². The molecule has 9 heteroatoms. The van der Waals surface area contributed by atoms with Crippen molar-refractivity contribution in [2.45, 2.75) is 12.8 Å². The van der Waals surface area contributed by atoms with Crippen molar-refractivity contribution in [2.75, 3.05) is 0 Å². The van der Waals surface area contributed by atoms with Crippen LogP contribution >= 0.6 is 0 Å². The standard InChI is InChI=1S/C8H3F5N2O2/c9-7(10)5-6(17-8(11,12)13)3(2-14)1-4(16)15-5/h1,7H,(H,15,16). The molecule has 17 heavy (non-hydrogen) atoms. The molecule has 0 saturated carbocycles. The first kappa shape index (κ1) is 13.0. The molecular weight excluding hydrogens is 251 g/mol. The maximum absolute atomic E-state index is 12.4. The number of nitriles is 1. The summed E-state index contributed by atoms with van der Waals surface area (Å²) in [7, 11) is 0. The van der Waals surface area contributed by atoms with Gasteiger partial charge in [0.2, 0.25) is 5.56 Å². The lowest BCUT2D eigenvalue weighted by Crippen LogP contribution is -2.21. The maximum Gasteiger partial charge on any atom is 0.573 e. The Morgan fingerprint density at radius 3 is 2.41 bits per heavy atom. The van der Waals surface area contributed by atoms with Crippen LogP contribution in [0.2, 0.25) is 0 Å². The van der Waals surface area contributed by atoms with Crippen molar-refractivity contribution in [1.29, 1.82) is 5.26 Å². The number of pyridine rings is 1. The first-order valence-corrected chi connectivity index (χ1v) is 3.96. The summed E-state index contributed by atoms with van der Waals surface area (Å²) in [6.07, 6.45) is -8.65. The highest BCUT2D eigenvalue weighted by Crippen LogP contribution is 2.32. The van der Waals surface area contributed by atoms with E-state index in [1.54, 1.807) is 0 Å². The predicted octanol–water partition coefficient (Wildman–Crippen LogP) is 2.08. The first-order valence-electron chi connectivity index (χ1n) is 3.96. The fourth-order valence-electron chi connectivity index (χ4n) is 1.03. The molecule has 0 saturated heterocycles. The van der Waals surface area contributed by atoms with E-state index < -0.39 is 35.4 Å². The van der Waals surface area contributed by atoms with E-state index in [4.69, 9.17) is 5.26 Å². The van der Waals surface area contributed by atoms with Gasteiger partial charge in [0.05, 0.1) is 0 Å². The van der Waals surface area contributed by atoms with Crippen molar-refractivity contribution in [3.63, 3.8) is 0 Å². The molecule has 0 radical (unpaired) electrons. The number of aromatic nitrogens is 1. The van der Waals surface area contributed by atoms with E-state index in [0.717, 1.165) is 0 Å². The highest BCUT2D eigenvalue weighted by Gasteiger charge is 2.35. The molecule has 4 nitrogen and oxygen atoms in total. The van der Waals surface area contributed by atoms with Crippen molar-refractivity contribution >= 4 is 0 Å². The molecule has 0 aromatic carbocycles. The summed E-state index contributed by atoms with van der Waals surface area (Å²) in [4.78, 5) is 12.3. The smallest absolute Gasteiger partial charge is 0.402 e. The number of H-pyrrole nitrogens is 1. The molecule has 0 bridgehead atoms. The zero-order chi connectivity index (χ0) is 13.2. The average molecular weight is 254 g/mol. The van der Waals surface area contributed by atoms with Gasteiger partial charge in [0, 0.05) is 6.07 Å². The quantitative estimate of drug-likeness (QED) is 0.821. The van der Waals surface area contributed by atoms with E-state index in [0.29, 0.717) is 6.07 Å². The summed E-state index contributed by atoms with van der Waals surface area (Å²) >= 11 is 0. The molecule has 1 aromatic heterocycles. The number of hydrogen-bond donors (Lipinski definition) is 1. The number of nitrogens with one attached hydrogen (secondary N) is 1. The third kappa shape index (κ3) is 3.17. The van der Waals surface area contributed by atoms with E-state index in [-0.39, 0.29) is 0 Å². The van der Waals surface area contributed by atoms with Gasteiger partial charge in [-0.3, -0.25) is 4.79 Å². The van der Waals surface area contributed by atoms with Gasteiger partial charge in [0.15, 0.2) is 5.75 Å². The second-order valence-corrected chi connectivity index (χ2v) is 2.75. The zero-order valence-corrected chi connectivity index (χ0v) is 7.81. The molecule has 0 unspecified atom stereocenters. The fourth-order valence-corrected chi connectivity index (χ4v) is 1.03. The normalized spacial score (nSPS) is 11.4. The summed E-state index contributed by atoms with van der Waals surface area (Å²) in [5.74, 6) is -1.39. The van der Waals surface area contributed by atoms with Gasteiger partial charge in [-0.25, -0.2) is 8.78 Å². The first-order chi connectivity index (χ1) is 7.74. The highest BCUT2D eigenvalue weighted by atomic mass is 19.4. The highest BCUT2D eigenvalue weighted by molar-refractivity contribution is 5.45. The van der Waals surface area contributed by atoms with Gasteiger partial charge in [0.25, 0.3) is 6.43 Å². The zero-order valence-electron chi connectivity index (χ0n) is 7.81. The van der Waals surface area contributed by atoms with Gasteiger partial charge < -0.3 is 9.72 Å². The number of aromatic amines is 1. The van der Waals surface area contributed by atoms with Crippen molar-refractivity contribution in [2.24, 2.45) is 0 Å². The van der Waals surface area contributed by atoms with Gasteiger partial charge in [-0.15, -0.1) is 13.2 Å². The molecule has 0 atom stereocenters. The van der Waals surface area contributed by atoms with Crippen molar-refractivity contribution in [1.82, 2.24) is 4.98 Å². The van der Waals surface area contributed by atoms with Gasteiger partial charge in [-0.1, -0.05) is 0 Å². The Hall–Kier alpha value is -2.11. The molecule has 1 heterocycles. The van der Waals surface area contributed by atoms with Gasteiger partial charge >= 0.3 is 6.36 Å². The number of ether oxygens (including phenoxy) is 1. The minimum Gasteiger partial charge on any atom is -0.402 e. The van der Waals surface area contributed by atoms with Crippen LogP contribution in [-0.4, -0.2) is 11.3 Å². The second-order valence-electron chi connectivity index (χ2n) is 2.75. The van der Waals surface area contributed by atoms with Crippen LogP contribution < -0.4 is 10.3 Å². The molecule has 0 fully saturated rings. The Morgan fingerprint density at radius 2 is 2.00 bits per heavy atom. The van der Waals surface area contributed by atoms with E-state index in [9.17, 15) is 26.7 Å². The Kier molecular flexibility index (Phi) is 3.36. The van der Waals surface area contributed by atoms with Crippen molar-refractivity contribution < 1.29 is 26.7 Å². The Labute approximate surface area is 90.2 Å². The van der Waals surface area contributed by atoms with E-state index in [1.807, 2.05) is 0 Å². The SMILES string of the molecule is N#Cc1cc(=O)[nH]c(C(F)F)c1OC(F)(F)F. The topological polar surface area (TPSA) is 65.9 Å².